The van der Waals surface area contributed by atoms with Crippen LogP contribution < -0.4 is 10.6 Å². The van der Waals surface area contributed by atoms with Gasteiger partial charge in [0.25, 0.3) is 0 Å². The fraction of sp³-hybridized carbons (Fsp3) is 0.190. The molecule has 1 aromatic carbocycles. The van der Waals surface area contributed by atoms with Crippen molar-refractivity contribution in [3.8, 4) is 21.8 Å². The molecule has 0 bridgehead atoms. The molecule has 0 spiro atoms. The molecule has 0 radical (unpaired) electrons. The third-order valence-corrected chi connectivity index (χ3v) is 6.86. The second-order valence-corrected chi connectivity index (χ2v) is 8.81. The maximum Gasteiger partial charge on any atom is 0.240 e. The Kier molecular flexibility index (Phi) is 4.54. The molecule has 1 saturated heterocycles. The Labute approximate surface area is 175 Å². The maximum atomic E-state index is 12.1. The van der Waals surface area contributed by atoms with Crippen molar-refractivity contribution in [3.05, 3.63) is 53.2 Å². The van der Waals surface area contributed by atoms with E-state index in [9.17, 15) is 9.90 Å². The number of hydrogen-bond acceptors (Lipinski definition) is 7. The number of β-amino-alcohol motifs (C(OH)–C–C–N with tert-alkyl or cyclic N) is 1. The zero-order chi connectivity index (χ0) is 20.0. The summed E-state index contributed by atoms with van der Waals surface area (Å²) in [6.07, 6.45) is -0.318. The summed E-state index contributed by atoms with van der Waals surface area (Å²) < 4.78 is 0. The Hall–Kier alpha value is -2.81. The topological polar surface area (TPSA) is 92.3 Å². The Bertz CT molecular complexity index is 1170. The highest BCUT2D eigenvalue weighted by atomic mass is 32.1. The average Bonchev–Trinajstić information content (AvgIpc) is 3.47. The van der Waals surface area contributed by atoms with Gasteiger partial charge in [0, 0.05) is 23.9 Å². The quantitative estimate of drug-likeness (QED) is 0.525. The third kappa shape index (κ3) is 3.19. The molecule has 4 heterocycles. The van der Waals surface area contributed by atoms with Gasteiger partial charge in [-0.1, -0.05) is 36.4 Å². The van der Waals surface area contributed by atoms with Crippen LogP contribution in [-0.4, -0.2) is 39.7 Å². The first kappa shape index (κ1) is 18.2. The number of rotatable bonds is 4. The SMILES string of the molecule is NC(=O)[C@H]1C[C@H](O)CN1c1nc(-c2cccs2)nc2scc(-c3ccccc3)c12. The van der Waals surface area contributed by atoms with Gasteiger partial charge in [-0.15, -0.1) is 22.7 Å². The fourth-order valence-corrected chi connectivity index (χ4v) is 5.39. The zero-order valence-electron chi connectivity index (χ0n) is 15.4. The van der Waals surface area contributed by atoms with E-state index in [0.717, 1.165) is 26.2 Å². The van der Waals surface area contributed by atoms with E-state index >= 15 is 0 Å². The number of amides is 1. The highest BCUT2D eigenvalue weighted by molar-refractivity contribution is 7.17. The van der Waals surface area contributed by atoms with E-state index < -0.39 is 18.1 Å². The van der Waals surface area contributed by atoms with Crippen LogP contribution in [-0.2, 0) is 4.79 Å². The number of carbonyl (C=O) groups excluding carboxylic acids is 1. The van der Waals surface area contributed by atoms with Gasteiger partial charge in [0.15, 0.2) is 5.82 Å². The predicted molar refractivity (Wildman–Crippen MR) is 117 cm³/mol. The van der Waals surface area contributed by atoms with Crippen molar-refractivity contribution in [2.75, 3.05) is 11.4 Å². The number of nitrogens with two attached hydrogens (primary N) is 1. The first-order valence-corrected chi connectivity index (χ1v) is 11.0. The molecule has 3 aromatic heterocycles. The number of aliphatic hydroxyl groups excluding tert-OH is 1. The second kappa shape index (κ2) is 7.22. The van der Waals surface area contributed by atoms with Crippen molar-refractivity contribution in [2.45, 2.75) is 18.6 Å². The monoisotopic (exact) mass is 422 g/mol. The lowest BCUT2D eigenvalue weighted by Gasteiger charge is -2.24. The van der Waals surface area contributed by atoms with Crippen LogP contribution in [0.25, 0.3) is 32.0 Å². The van der Waals surface area contributed by atoms with Gasteiger partial charge in [-0.3, -0.25) is 4.79 Å². The number of benzene rings is 1. The molecule has 1 aliphatic heterocycles. The van der Waals surface area contributed by atoms with Crippen molar-refractivity contribution >= 4 is 44.6 Å². The molecule has 1 amide bonds. The molecule has 29 heavy (non-hydrogen) atoms. The second-order valence-electron chi connectivity index (χ2n) is 7.00. The lowest BCUT2D eigenvalue weighted by molar-refractivity contribution is -0.119. The van der Waals surface area contributed by atoms with Gasteiger partial charge in [-0.05, 0) is 17.0 Å². The highest BCUT2D eigenvalue weighted by Crippen LogP contribution is 2.41. The van der Waals surface area contributed by atoms with E-state index in [2.05, 4.69) is 5.38 Å². The van der Waals surface area contributed by atoms with E-state index in [0.29, 0.717) is 24.6 Å². The fourth-order valence-electron chi connectivity index (χ4n) is 3.80. The van der Waals surface area contributed by atoms with Crippen molar-refractivity contribution in [1.82, 2.24) is 9.97 Å². The van der Waals surface area contributed by atoms with Gasteiger partial charge in [-0.25, -0.2) is 9.97 Å². The van der Waals surface area contributed by atoms with E-state index in [1.165, 1.54) is 0 Å². The summed E-state index contributed by atoms with van der Waals surface area (Å²) in [5, 5.41) is 15.2. The summed E-state index contributed by atoms with van der Waals surface area (Å²) in [6, 6.07) is 13.4. The largest absolute Gasteiger partial charge is 0.391 e. The minimum atomic E-state index is -0.624. The van der Waals surface area contributed by atoms with Crippen molar-refractivity contribution in [3.63, 3.8) is 0 Å². The number of thiophene rings is 2. The number of hydrogen-bond donors (Lipinski definition) is 2. The normalized spacial score (nSPS) is 19.1. The van der Waals surface area contributed by atoms with Crippen LogP contribution >= 0.6 is 22.7 Å². The summed E-state index contributed by atoms with van der Waals surface area (Å²) in [4.78, 5) is 25.4. The van der Waals surface area contributed by atoms with Crippen LogP contribution in [0.1, 0.15) is 6.42 Å². The molecule has 4 aromatic rings. The van der Waals surface area contributed by atoms with Gasteiger partial charge in [-0.2, -0.15) is 0 Å². The molecule has 2 atom stereocenters. The minimum absolute atomic E-state index is 0.306. The molecule has 0 aliphatic carbocycles. The van der Waals surface area contributed by atoms with Gasteiger partial charge < -0.3 is 15.7 Å². The molecule has 0 saturated carbocycles. The van der Waals surface area contributed by atoms with Crippen LogP contribution in [0.2, 0.25) is 0 Å². The first-order valence-electron chi connectivity index (χ1n) is 9.24. The van der Waals surface area contributed by atoms with Crippen molar-refractivity contribution < 1.29 is 9.90 Å². The summed E-state index contributed by atoms with van der Waals surface area (Å²) in [7, 11) is 0. The standard InChI is InChI=1S/C21H18N4O2S2/c22-18(27)15-9-13(26)10-25(15)20-17-14(12-5-2-1-3-6-12)11-29-21(17)24-19(23-20)16-7-4-8-28-16/h1-8,11,13,15,26H,9-10H2,(H2,22,27)/t13-,15+/m0/s1. The smallest absolute Gasteiger partial charge is 0.240 e. The highest BCUT2D eigenvalue weighted by Gasteiger charge is 2.37. The number of carbonyl (C=O) groups is 1. The Morgan fingerprint density at radius 3 is 2.69 bits per heavy atom. The minimum Gasteiger partial charge on any atom is -0.391 e. The number of nitrogens with zero attached hydrogens (tertiary/aromatic N) is 3. The Balaban J connectivity index is 1.77. The molecule has 146 valence electrons. The number of aromatic nitrogens is 2. The number of anilines is 1. The number of fused-ring (bicyclic) bond motifs is 1. The average molecular weight is 423 g/mol. The molecule has 5 rings (SSSR count). The molecule has 3 N–H and O–H groups in total. The Morgan fingerprint density at radius 1 is 1.14 bits per heavy atom. The van der Waals surface area contributed by atoms with E-state index in [-0.39, 0.29) is 0 Å². The summed E-state index contributed by atoms with van der Waals surface area (Å²) >= 11 is 3.12. The molecule has 1 fully saturated rings. The molecular weight excluding hydrogens is 404 g/mol. The third-order valence-electron chi connectivity index (χ3n) is 5.12. The molecular formula is C21H18N4O2S2. The van der Waals surface area contributed by atoms with Crippen LogP contribution in [0, 0.1) is 0 Å². The van der Waals surface area contributed by atoms with Crippen LogP contribution in [0.5, 0.6) is 0 Å². The number of aliphatic hydroxyl groups is 1. The summed E-state index contributed by atoms with van der Waals surface area (Å²) in [5.74, 6) is 0.815. The summed E-state index contributed by atoms with van der Waals surface area (Å²) in [6.45, 7) is 0.313. The summed E-state index contributed by atoms with van der Waals surface area (Å²) in [5.41, 5.74) is 7.73. The molecule has 8 heteroatoms. The van der Waals surface area contributed by atoms with Crippen LogP contribution in [0.15, 0.2) is 53.2 Å². The number of primary amides is 1. The van der Waals surface area contributed by atoms with Gasteiger partial charge >= 0.3 is 0 Å². The molecule has 6 nitrogen and oxygen atoms in total. The van der Waals surface area contributed by atoms with E-state index in [1.807, 2.05) is 52.7 Å². The molecule has 1 aliphatic rings. The van der Waals surface area contributed by atoms with Gasteiger partial charge in [0.1, 0.15) is 16.7 Å². The van der Waals surface area contributed by atoms with E-state index in [1.54, 1.807) is 22.7 Å². The van der Waals surface area contributed by atoms with Crippen molar-refractivity contribution in [1.29, 1.82) is 0 Å². The molecule has 0 unspecified atom stereocenters. The Morgan fingerprint density at radius 2 is 1.97 bits per heavy atom. The van der Waals surface area contributed by atoms with Gasteiger partial charge in [0.05, 0.1) is 16.4 Å². The van der Waals surface area contributed by atoms with Crippen LogP contribution in [0.3, 0.4) is 0 Å². The lowest BCUT2D eigenvalue weighted by atomic mass is 10.1. The first-order chi connectivity index (χ1) is 14.1. The lowest BCUT2D eigenvalue weighted by Crippen LogP contribution is -2.41. The van der Waals surface area contributed by atoms with Gasteiger partial charge in [0.2, 0.25) is 5.91 Å². The zero-order valence-corrected chi connectivity index (χ0v) is 17.0. The van der Waals surface area contributed by atoms with E-state index in [4.69, 9.17) is 15.7 Å². The van der Waals surface area contributed by atoms with Crippen molar-refractivity contribution in [2.24, 2.45) is 5.73 Å². The predicted octanol–water partition coefficient (Wildman–Crippen LogP) is 3.51. The maximum absolute atomic E-state index is 12.1. The van der Waals surface area contributed by atoms with Crippen LogP contribution in [0.4, 0.5) is 5.82 Å².